The number of nitrogens with zero attached hydrogens (tertiary/aromatic N) is 1. The number of rotatable bonds is 4. The van der Waals surface area contributed by atoms with Crippen LogP contribution < -0.4 is 10.6 Å². The normalized spacial score (nSPS) is 24.0. The second kappa shape index (κ2) is 8.21. The molecule has 2 N–H and O–H groups in total. The molecule has 0 aromatic heterocycles. The lowest BCUT2D eigenvalue weighted by Gasteiger charge is -2.23. The topological polar surface area (TPSA) is 70.7 Å². The van der Waals surface area contributed by atoms with Crippen LogP contribution in [-0.4, -0.2) is 62.1 Å². The Hall–Kier alpha value is -1.14. The molecule has 1 unspecified atom stereocenters. The van der Waals surface area contributed by atoms with Gasteiger partial charge < -0.3 is 20.3 Å². The fourth-order valence-corrected chi connectivity index (χ4v) is 2.62. The van der Waals surface area contributed by atoms with Crippen LogP contribution in [0.5, 0.6) is 0 Å². The average molecular weight is 283 g/mol. The molecule has 2 heterocycles. The Balaban J connectivity index is 1.64. The van der Waals surface area contributed by atoms with E-state index in [0.29, 0.717) is 26.1 Å². The number of hydrogen-bond donors (Lipinski definition) is 2. The average Bonchev–Trinajstić information content (AvgIpc) is 2.77. The first-order chi connectivity index (χ1) is 9.77. The first-order valence-electron chi connectivity index (χ1n) is 7.65. The number of likely N-dealkylation sites (tertiary alicyclic amines) is 1. The van der Waals surface area contributed by atoms with Gasteiger partial charge in [0.1, 0.15) is 6.10 Å². The molecular weight excluding hydrogens is 258 g/mol. The van der Waals surface area contributed by atoms with Crippen molar-refractivity contribution in [3.05, 3.63) is 0 Å². The lowest BCUT2D eigenvalue weighted by Crippen LogP contribution is -2.48. The van der Waals surface area contributed by atoms with Gasteiger partial charge in [-0.25, -0.2) is 0 Å². The Kier molecular flexibility index (Phi) is 6.26. The predicted octanol–water partition coefficient (Wildman–Crippen LogP) is -0.116. The monoisotopic (exact) mass is 283 g/mol. The number of hydrogen-bond acceptors (Lipinski definition) is 4. The van der Waals surface area contributed by atoms with Crippen molar-refractivity contribution in [2.45, 2.75) is 38.2 Å². The predicted molar refractivity (Wildman–Crippen MR) is 75.3 cm³/mol. The van der Waals surface area contributed by atoms with Crippen LogP contribution in [0.15, 0.2) is 0 Å². The van der Waals surface area contributed by atoms with E-state index in [-0.39, 0.29) is 11.8 Å². The van der Waals surface area contributed by atoms with Crippen molar-refractivity contribution in [2.75, 3.05) is 39.3 Å². The van der Waals surface area contributed by atoms with Crippen molar-refractivity contribution in [1.29, 1.82) is 0 Å². The number of ether oxygens (including phenoxy) is 1. The minimum absolute atomic E-state index is 0.124. The van der Waals surface area contributed by atoms with Crippen LogP contribution in [0.25, 0.3) is 0 Å². The van der Waals surface area contributed by atoms with Crippen LogP contribution in [0.3, 0.4) is 0 Å². The molecule has 2 fully saturated rings. The van der Waals surface area contributed by atoms with Crippen molar-refractivity contribution >= 4 is 11.8 Å². The Morgan fingerprint density at radius 2 is 1.95 bits per heavy atom. The molecule has 2 amide bonds. The molecule has 2 saturated heterocycles. The molecule has 6 heteroatoms. The van der Waals surface area contributed by atoms with E-state index in [1.807, 2.05) is 4.90 Å². The van der Waals surface area contributed by atoms with Crippen LogP contribution in [0.1, 0.15) is 32.1 Å². The third-order valence-electron chi connectivity index (χ3n) is 3.82. The maximum atomic E-state index is 12.0. The summed E-state index contributed by atoms with van der Waals surface area (Å²) in [6, 6.07) is 0. The molecule has 0 aliphatic carbocycles. The van der Waals surface area contributed by atoms with Gasteiger partial charge in [0.25, 0.3) is 0 Å². The van der Waals surface area contributed by atoms with Gasteiger partial charge in [-0.05, 0) is 12.8 Å². The maximum Gasteiger partial charge on any atom is 0.250 e. The van der Waals surface area contributed by atoms with Gasteiger partial charge in [0, 0.05) is 39.1 Å². The summed E-state index contributed by atoms with van der Waals surface area (Å²) < 4.78 is 5.36. The number of carbonyl (C=O) groups is 2. The Morgan fingerprint density at radius 3 is 2.60 bits per heavy atom. The molecule has 0 saturated carbocycles. The third-order valence-corrected chi connectivity index (χ3v) is 3.82. The third kappa shape index (κ3) is 4.76. The molecule has 0 aromatic rings. The van der Waals surface area contributed by atoms with Gasteiger partial charge in [0.2, 0.25) is 11.8 Å². The zero-order valence-corrected chi connectivity index (χ0v) is 12.0. The molecule has 0 spiro atoms. The minimum Gasteiger partial charge on any atom is -0.366 e. The standard InChI is InChI=1S/C14H25N3O3/c18-13(17-8-3-1-2-4-9-17)5-6-16-14(19)12-11-15-7-10-20-12/h12,15H,1-11H2,(H,16,19). The van der Waals surface area contributed by atoms with Crippen molar-refractivity contribution < 1.29 is 14.3 Å². The second-order valence-electron chi connectivity index (χ2n) is 5.40. The highest BCUT2D eigenvalue weighted by atomic mass is 16.5. The SMILES string of the molecule is O=C(NCCC(=O)N1CCCCCC1)C1CNCCO1. The molecule has 114 valence electrons. The first-order valence-corrected chi connectivity index (χ1v) is 7.65. The lowest BCUT2D eigenvalue weighted by atomic mass is 10.2. The van der Waals surface area contributed by atoms with E-state index in [1.165, 1.54) is 12.8 Å². The van der Waals surface area contributed by atoms with E-state index in [2.05, 4.69) is 10.6 Å². The zero-order chi connectivity index (χ0) is 14.2. The Morgan fingerprint density at radius 1 is 1.20 bits per heavy atom. The maximum absolute atomic E-state index is 12.0. The van der Waals surface area contributed by atoms with Crippen LogP contribution in [0.2, 0.25) is 0 Å². The lowest BCUT2D eigenvalue weighted by molar-refractivity contribution is -0.134. The van der Waals surface area contributed by atoms with Gasteiger partial charge in [-0.1, -0.05) is 12.8 Å². The summed E-state index contributed by atoms with van der Waals surface area (Å²) in [4.78, 5) is 25.8. The summed E-state index contributed by atoms with van der Waals surface area (Å²) in [6.07, 6.45) is 4.58. The van der Waals surface area contributed by atoms with Gasteiger partial charge in [0.05, 0.1) is 6.61 Å². The fraction of sp³-hybridized carbons (Fsp3) is 0.857. The van der Waals surface area contributed by atoms with Crippen molar-refractivity contribution in [3.63, 3.8) is 0 Å². The number of carbonyl (C=O) groups excluding carboxylic acids is 2. The molecule has 6 nitrogen and oxygen atoms in total. The summed E-state index contributed by atoms with van der Waals surface area (Å²) in [5, 5.41) is 5.90. The van der Waals surface area contributed by atoms with E-state index in [0.717, 1.165) is 32.5 Å². The highest BCUT2D eigenvalue weighted by molar-refractivity contribution is 5.82. The first kappa shape index (κ1) is 15.3. The Labute approximate surface area is 120 Å². The zero-order valence-electron chi connectivity index (χ0n) is 12.0. The molecule has 20 heavy (non-hydrogen) atoms. The quantitative estimate of drug-likeness (QED) is 0.755. The number of morpholine rings is 1. The van der Waals surface area contributed by atoms with Crippen LogP contribution in [0, 0.1) is 0 Å². The van der Waals surface area contributed by atoms with Gasteiger partial charge in [-0.2, -0.15) is 0 Å². The summed E-state index contributed by atoms with van der Waals surface area (Å²) in [5.41, 5.74) is 0. The molecular formula is C14H25N3O3. The van der Waals surface area contributed by atoms with E-state index in [4.69, 9.17) is 4.74 Å². The molecule has 2 aliphatic rings. The summed E-state index contributed by atoms with van der Waals surface area (Å²) in [7, 11) is 0. The van der Waals surface area contributed by atoms with Gasteiger partial charge in [0.15, 0.2) is 0 Å². The van der Waals surface area contributed by atoms with Crippen LogP contribution >= 0.6 is 0 Å². The smallest absolute Gasteiger partial charge is 0.250 e. The molecule has 0 bridgehead atoms. The molecule has 0 aromatic carbocycles. The molecule has 1 atom stereocenters. The number of amides is 2. The molecule has 2 aliphatic heterocycles. The van der Waals surface area contributed by atoms with Crippen LogP contribution in [0.4, 0.5) is 0 Å². The van der Waals surface area contributed by atoms with Gasteiger partial charge >= 0.3 is 0 Å². The van der Waals surface area contributed by atoms with E-state index in [9.17, 15) is 9.59 Å². The Bertz CT molecular complexity index is 322. The highest BCUT2D eigenvalue weighted by Gasteiger charge is 2.22. The highest BCUT2D eigenvalue weighted by Crippen LogP contribution is 2.10. The van der Waals surface area contributed by atoms with Crippen molar-refractivity contribution in [3.8, 4) is 0 Å². The number of nitrogens with one attached hydrogen (secondary N) is 2. The van der Waals surface area contributed by atoms with Crippen LogP contribution in [-0.2, 0) is 14.3 Å². The van der Waals surface area contributed by atoms with Gasteiger partial charge in [-0.15, -0.1) is 0 Å². The summed E-state index contributed by atoms with van der Waals surface area (Å²) >= 11 is 0. The van der Waals surface area contributed by atoms with E-state index < -0.39 is 6.10 Å². The van der Waals surface area contributed by atoms with Crippen molar-refractivity contribution in [2.24, 2.45) is 0 Å². The molecule has 0 radical (unpaired) electrons. The van der Waals surface area contributed by atoms with Gasteiger partial charge in [-0.3, -0.25) is 9.59 Å². The largest absolute Gasteiger partial charge is 0.366 e. The summed E-state index contributed by atoms with van der Waals surface area (Å²) in [5.74, 6) is 0.0238. The van der Waals surface area contributed by atoms with Crippen molar-refractivity contribution in [1.82, 2.24) is 15.5 Å². The summed E-state index contributed by atoms with van der Waals surface area (Å²) in [6.45, 7) is 4.02. The van der Waals surface area contributed by atoms with E-state index in [1.54, 1.807) is 0 Å². The molecule has 2 rings (SSSR count). The minimum atomic E-state index is -0.419. The second-order valence-corrected chi connectivity index (χ2v) is 5.40. The fourth-order valence-electron chi connectivity index (χ4n) is 2.62. The van der Waals surface area contributed by atoms with E-state index >= 15 is 0 Å².